The summed E-state index contributed by atoms with van der Waals surface area (Å²) in [6, 6.07) is -0.625. The summed E-state index contributed by atoms with van der Waals surface area (Å²) in [5.74, 6) is -0.0304. The number of rotatable bonds is 79. The third-order valence-corrected chi connectivity index (χ3v) is 19.8. The first-order valence-corrected chi connectivity index (χ1v) is 41.5. The van der Waals surface area contributed by atoms with Crippen molar-refractivity contribution in [2.24, 2.45) is 0 Å². The van der Waals surface area contributed by atoms with E-state index in [9.17, 15) is 19.8 Å². The minimum Gasteiger partial charge on any atom is -0.466 e. The minimum absolute atomic E-state index is 0.0273. The number of hydrogen-bond acceptors (Lipinski definition) is 5. The maximum Gasteiger partial charge on any atom is 0.305 e. The van der Waals surface area contributed by atoms with Crippen LogP contribution in [0.2, 0.25) is 0 Å². The van der Waals surface area contributed by atoms with Crippen molar-refractivity contribution in [3.63, 3.8) is 0 Å². The number of aliphatic hydroxyl groups is 2. The highest BCUT2D eigenvalue weighted by Gasteiger charge is 2.18. The van der Waals surface area contributed by atoms with Gasteiger partial charge in [-0.2, -0.15) is 0 Å². The van der Waals surface area contributed by atoms with E-state index in [0.29, 0.717) is 19.4 Å². The molecule has 89 heavy (non-hydrogen) atoms. The van der Waals surface area contributed by atoms with Crippen LogP contribution in [0.25, 0.3) is 0 Å². The highest BCUT2D eigenvalue weighted by molar-refractivity contribution is 5.76. The van der Waals surface area contributed by atoms with E-state index in [1.807, 2.05) is 6.08 Å². The van der Waals surface area contributed by atoms with Crippen molar-refractivity contribution in [3.8, 4) is 0 Å². The molecule has 2 unspecified atom stereocenters. The molecule has 2 atom stereocenters. The van der Waals surface area contributed by atoms with Gasteiger partial charge in [0.25, 0.3) is 0 Å². The van der Waals surface area contributed by atoms with Crippen molar-refractivity contribution in [2.75, 3.05) is 13.2 Å². The van der Waals surface area contributed by atoms with Gasteiger partial charge in [-0.1, -0.05) is 450 Å². The molecule has 0 bridgehead atoms. The maximum absolute atomic E-state index is 12.5. The lowest BCUT2D eigenvalue weighted by molar-refractivity contribution is -0.143. The second-order valence-corrected chi connectivity index (χ2v) is 28.8. The first-order valence-electron chi connectivity index (χ1n) is 41.5. The van der Waals surface area contributed by atoms with Crippen LogP contribution in [-0.2, 0) is 14.3 Å². The standard InChI is InChI=1S/C83H163NO5/c1-3-5-7-9-11-13-15-17-19-21-23-37-40-43-47-51-55-59-63-67-71-75-81(86)80(79-85)84-82(87)76-72-68-64-60-56-52-48-44-41-38-35-33-31-29-27-25-24-26-28-30-32-34-36-39-42-46-50-54-58-62-66-70-74-78-89-83(88)77-73-69-65-61-57-53-49-45-22-20-18-16-14-12-10-8-6-4-2/h71,75,80-81,85-86H,3-70,72-74,76-79H2,1-2H3,(H,84,87)/b75-71+. The molecule has 0 aromatic heterocycles. The molecule has 6 heteroatoms. The van der Waals surface area contributed by atoms with Gasteiger partial charge in [-0.15, -0.1) is 0 Å². The second-order valence-electron chi connectivity index (χ2n) is 28.8. The Hall–Kier alpha value is -1.40. The van der Waals surface area contributed by atoms with E-state index >= 15 is 0 Å². The van der Waals surface area contributed by atoms with Crippen LogP contribution >= 0.6 is 0 Å². The lowest BCUT2D eigenvalue weighted by Gasteiger charge is -2.20. The highest BCUT2D eigenvalue weighted by Crippen LogP contribution is 2.21. The molecule has 0 heterocycles. The van der Waals surface area contributed by atoms with E-state index in [-0.39, 0.29) is 18.5 Å². The average Bonchev–Trinajstić information content (AvgIpc) is 3.67. The van der Waals surface area contributed by atoms with Crippen LogP contribution in [0, 0.1) is 0 Å². The van der Waals surface area contributed by atoms with Gasteiger partial charge in [0.15, 0.2) is 0 Å². The molecule has 0 rings (SSSR count). The van der Waals surface area contributed by atoms with Crippen LogP contribution in [0.3, 0.4) is 0 Å². The lowest BCUT2D eigenvalue weighted by atomic mass is 10.0. The van der Waals surface area contributed by atoms with Crippen molar-refractivity contribution in [1.82, 2.24) is 5.32 Å². The molecule has 0 aromatic carbocycles. The highest BCUT2D eigenvalue weighted by atomic mass is 16.5. The van der Waals surface area contributed by atoms with E-state index in [0.717, 1.165) is 38.5 Å². The van der Waals surface area contributed by atoms with E-state index in [1.54, 1.807) is 6.08 Å². The summed E-state index contributed by atoms with van der Waals surface area (Å²) < 4.78 is 5.52. The molecule has 3 N–H and O–H groups in total. The topological polar surface area (TPSA) is 95.9 Å². The van der Waals surface area contributed by atoms with Crippen LogP contribution < -0.4 is 5.32 Å². The first-order chi connectivity index (χ1) is 44.0. The molecule has 0 fully saturated rings. The quantitative estimate of drug-likeness (QED) is 0.0320. The SMILES string of the molecule is CCCCCCCCCCCCCCCCCCCCC/C=C/C(O)C(CO)NC(=O)CCCCCCCCCCCCCCCCCCCCCCCCCCCCCCCCCCCOC(=O)CCCCCCCCCCCCCCCCCCCC. The number of nitrogens with one attached hydrogen (secondary N) is 1. The third-order valence-electron chi connectivity index (χ3n) is 19.8. The fourth-order valence-corrected chi connectivity index (χ4v) is 13.5. The van der Waals surface area contributed by atoms with Crippen LogP contribution in [0.5, 0.6) is 0 Å². The molecule has 1 amide bonds. The van der Waals surface area contributed by atoms with Crippen LogP contribution in [0.15, 0.2) is 12.2 Å². The summed E-state index contributed by atoms with van der Waals surface area (Å²) in [4.78, 5) is 24.7. The van der Waals surface area contributed by atoms with Crippen LogP contribution in [0.1, 0.15) is 483 Å². The minimum atomic E-state index is -0.842. The fourth-order valence-electron chi connectivity index (χ4n) is 13.5. The molecular formula is C83H163NO5. The van der Waals surface area contributed by atoms with Crippen LogP contribution in [-0.4, -0.2) is 47.4 Å². The molecule has 530 valence electrons. The van der Waals surface area contributed by atoms with Gasteiger partial charge in [0, 0.05) is 12.8 Å². The van der Waals surface area contributed by atoms with Gasteiger partial charge < -0.3 is 20.3 Å². The van der Waals surface area contributed by atoms with Gasteiger partial charge in [0.05, 0.1) is 25.4 Å². The Balaban J connectivity index is 3.32. The van der Waals surface area contributed by atoms with Crippen molar-refractivity contribution >= 4 is 11.9 Å². The second kappa shape index (κ2) is 79.0. The molecule has 0 spiro atoms. The Labute approximate surface area is 559 Å². The number of carbonyl (C=O) groups is 2. The van der Waals surface area contributed by atoms with Gasteiger partial charge in [-0.3, -0.25) is 9.59 Å². The van der Waals surface area contributed by atoms with Gasteiger partial charge in [0.2, 0.25) is 5.91 Å². The smallest absolute Gasteiger partial charge is 0.305 e. The number of esters is 1. The predicted molar refractivity (Wildman–Crippen MR) is 394 cm³/mol. The number of amides is 1. The molecule has 0 aromatic rings. The van der Waals surface area contributed by atoms with Gasteiger partial charge in [0.1, 0.15) is 0 Å². The van der Waals surface area contributed by atoms with Crippen LogP contribution in [0.4, 0.5) is 0 Å². The predicted octanol–water partition coefficient (Wildman–Crippen LogP) is 27.4. The number of carbonyl (C=O) groups excluding carboxylic acids is 2. The van der Waals surface area contributed by atoms with Gasteiger partial charge >= 0.3 is 5.97 Å². The summed E-state index contributed by atoms with van der Waals surface area (Å²) in [7, 11) is 0. The number of aliphatic hydroxyl groups excluding tert-OH is 2. The zero-order valence-electron chi connectivity index (χ0n) is 61.0. The maximum atomic E-state index is 12.5. The molecule has 0 saturated carbocycles. The lowest BCUT2D eigenvalue weighted by Crippen LogP contribution is -2.45. The monoisotopic (exact) mass is 1250 g/mol. The Morgan fingerprint density at radius 1 is 0.303 bits per heavy atom. The summed E-state index contributed by atoms with van der Waals surface area (Å²) >= 11 is 0. The van der Waals surface area contributed by atoms with Crippen molar-refractivity contribution in [2.45, 2.75) is 495 Å². The summed E-state index contributed by atoms with van der Waals surface area (Å²) in [5, 5.41) is 23.3. The fraction of sp³-hybridized carbons (Fsp3) is 0.952. The van der Waals surface area contributed by atoms with Gasteiger partial charge in [-0.05, 0) is 32.1 Å². The zero-order chi connectivity index (χ0) is 64.2. The van der Waals surface area contributed by atoms with Crippen molar-refractivity contribution in [3.05, 3.63) is 12.2 Å². The number of hydrogen-bond donors (Lipinski definition) is 3. The Morgan fingerprint density at radius 2 is 0.517 bits per heavy atom. The molecule has 0 aliphatic carbocycles. The van der Waals surface area contributed by atoms with E-state index < -0.39 is 12.1 Å². The Morgan fingerprint density at radius 3 is 0.764 bits per heavy atom. The number of ether oxygens (including phenoxy) is 1. The van der Waals surface area contributed by atoms with E-state index in [4.69, 9.17) is 4.74 Å². The first kappa shape index (κ1) is 87.6. The molecular weight excluding hydrogens is 1090 g/mol. The van der Waals surface area contributed by atoms with Crippen molar-refractivity contribution in [1.29, 1.82) is 0 Å². The number of unbranched alkanes of at least 4 members (excludes halogenated alkanes) is 68. The summed E-state index contributed by atoms with van der Waals surface area (Å²) in [5.41, 5.74) is 0. The Bertz CT molecular complexity index is 1350. The van der Waals surface area contributed by atoms with Crippen molar-refractivity contribution < 1.29 is 24.5 Å². The molecule has 0 radical (unpaired) electrons. The van der Waals surface area contributed by atoms with E-state index in [2.05, 4.69) is 19.2 Å². The number of allylic oxidation sites excluding steroid dienone is 1. The molecule has 0 saturated heterocycles. The Kier molecular flexibility index (Phi) is 77.8. The zero-order valence-corrected chi connectivity index (χ0v) is 61.0. The normalized spacial score (nSPS) is 12.4. The molecule has 0 aliphatic heterocycles. The molecule has 6 nitrogen and oxygen atoms in total. The summed E-state index contributed by atoms with van der Waals surface area (Å²) in [6.45, 7) is 4.97. The van der Waals surface area contributed by atoms with E-state index in [1.165, 1.54) is 417 Å². The molecule has 0 aliphatic rings. The largest absolute Gasteiger partial charge is 0.466 e. The third kappa shape index (κ3) is 75.5. The summed E-state index contributed by atoms with van der Waals surface area (Å²) in [6.07, 6.45) is 101. The average molecular weight is 1260 g/mol. The van der Waals surface area contributed by atoms with Gasteiger partial charge in [-0.25, -0.2) is 0 Å².